The predicted molar refractivity (Wildman–Crippen MR) is 89.6 cm³/mol. The number of ether oxygens (including phenoxy) is 1. The largest absolute Gasteiger partial charge is 0.496 e. The van der Waals surface area contributed by atoms with Gasteiger partial charge in [-0.15, -0.1) is 0 Å². The molecule has 0 heterocycles. The average molecular weight is 317 g/mol. The maximum Gasteiger partial charge on any atom is 0.223 e. The van der Waals surface area contributed by atoms with E-state index in [0.717, 1.165) is 48.1 Å². The number of carbonyl (C=O) groups is 1. The molecule has 3 rings (SSSR count). The summed E-state index contributed by atoms with van der Waals surface area (Å²) in [5.41, 5.74) is 4.36. The molecule has 2 aliphatic rings. The summed E-state index contributed by atoms with van der Waals surface area (Å²) in [6.45, 7) is 6.01. The zero-order valence-corrected chi connectivity index (χ0v) is 14.5. The van der Waals surface area contributed by atoms with E-state index in [1.807, 2.05) is 19.9 Å². The second kappa shape index (κ2) is 6.16. The van der Waals surface area contributed by atoms with Crippen molar-refractivity contribution in [2.24, 2.45) is 11.8 Å². The number of fused-ring (bicyclic) bond motifs is 1. The third-order valence-electron chi connectivity index (χ3n) is 5.55. The molecule has 0 bridgehead atoms. The van der Waals surface area contributed by atoms with Crippen LogP contribution in [0.25, 0.3) is 0 Å². The first-order valence-electron chi connectivity index (χ1n) is 8.59. The molecule has 3 atom stereocenters. The lowest BCUT2D eigenvalue weighted by Gasteiger charge is -2.35. The highest BCUT2D eigenvalue weighted by molar-refractivity contribution is 5.79. The van der Waals surface area contributed by atoms with Crippen LogP contribution in [0.1, 0.15) is 54.5 Å². The summed E-state index contributed by atoms with van der Waals surface area (Å²) >= 11 is 0. The standard InChI is InChI=1S/C19H27NO3/c1-10-9-16(23-4)12(3)17-14(10)7-8-15(18(17)21)11(2)19(22)20-13-5-6-13/h9,11,13,15,18,21H,5-8H2,1-4H3,(H,20,22)/t11-,15-,18+/m0/s1. The summed E-state index contributed by atoms with van der Waals surface area (Å²) in [6.07, 6.45) is 3.33. The molecule has 0 aromatic heterocycles. The zero-order valence-electron chi connectivity index (χ0n) is 14.5. The first kappa shape index (κ1) is 16.3. The molecular formula is C19H27NO3. The maximum absolute atomic E-state index is 12.4. The predicted octanol–water partition coefficient (Wildman–Crippen LogP) is 2.82. The van der Waals surface area contributed by atoms with Crippen molar-refractivity contribution in [3.05, 3.63) is 28.3 Å². The monoisotopic (exact) mass is 317 g/mol. The minimum atomic E-state index is -0.604. The van der Waals surface area contributed by atoms with Gasteiger partial charge in [0.05, 0.1) is 13.2 Å². The number of aryl methyl sites for hydroxylation is 1. The molecule has 23 heavy (non-hydrogen) atoms. The molecule has 1 amide bonds. The van der Waals surface area contributed by atoms with E-state index in [-0.39, 0.29) is 17.7 Å². The van der Waals surface area contributed by atoms with Gasteiger partial charge in [-0.2, -0.15) is 0 Å². The zero-order chi connectivity index (χ0) is 16.7. The molecule has 0 radical (unpaired) electrons. The van der Waals surface area contributed by atoms with E-state index in [2.05, 4.69) is 12.2 Å². The first-order chi connectivity index (χ1) is 10.9. The highest BCUT2D eigenvalue weighted by atomic mass is 16.5. The number of hydrogen-bond acceptors (Lipinski definition) is 3. The SMILES string of the molecule is COc1cc(C)c2c(c1C)[C@H](O)[C@H]([C@H](C)C(=O)NC1CC1)CC2. The molecule has 4 nitrogen and oxygen atoms in total. The van der Waals surface area contributed by atoms with Gasteiger partial charge in [-0.1, -0.05) is 6.92 Å². The van der Waals surface area contributed by atoms with Gasteiger partial charge in [-0.3, -0.25) is 4.79 Å². The Kier molecular flexibility index (Phi) is 4.37. The van der Waals surface area contributed by atoms with Crippen LogP contribution in [0.3, 0.4) is 0 Å². The van der Waals surface area contributed by atoms with E-state index >= 15 is 0 Å². The lowest BCUT2D eigenvalue weighted by molar-refractivity contribution is -0.128. The molecule has 0 aliphatic heterocycles. The van der Waals surface area contributed by atoms with Gasteiger partial charge in [0.25, 0.3) is 0 Å². The maximum atomic E-state index is 12.4. The third-order valence-corrected chi connectivity index (χ3v) is 5.55. The van der Waals surface area contributed by atoms with Crippen molar-refractivity contribution in [3.63, 3.8) is 0 Å². The van der Waals surface area contributed by atoms with Crippen molar-refractivity contribution in [1.82, 2.24) is 5.32 Å². The van der Waals surface area contributed by atoms with Crippen LogP contribution in [-0.4, -0.2) is 24.2 Å². The Morgan fingerprint density at radius 1 is 1.35 bits per heavy atom. The summed E-state index contributed by atoms with van der Waals surface area (Å²) in [5.74, 6) is 0.685. The van der Waals surface area contributed by atoms with Crippen molar-refractivity contribution in [3.8, 4) is 5.75 Å². The fraction of sp³-hybridized carbons (Fsp3) is 0.632. The molecule has 1 fully saturated rings. The van der Waals surface area contributed by atoms with Crippen LogP contribution in [0.15, 0.2) is 6.07 Å². The van der Waals surface area contributed by atoms with E-state index < -0.39 is 6.10 Å². The number of nitrogens with one attached hydrogen (secondary N) is 1. The fourth-order valence-electron chi connectivity index (χ4n) is 3.87. The number of amides is 1. The van der Waals surface area contributed by atoms with Gasteiger partial charge in [0.15, 0.2) is 0 Å². The molecule has 0 spiro atoms. The summed E-state index contributed by atoms with van der Waals surface area (Å²) in [6, 6.07) is 2.41. The Morgan fingerprint density at radius 3 is 2.65 bits per heavy atom. The summed E-state index contributed by atoms with van der Waals surface area (Å²) in [7, 11) is 1.66. The van der Waals surface area contributed by atoms with Crippen molar-refractivity contribution in [2.45, 2.75) is 58.6 Å². The molecule has 126 valence electrons. The van der Waals surface area contributed by atoms with Crippen LogP contribution >= 0.6 is 0 Å². The topological polar surface area (TPSA) is 58.6 Å². The number of benzene rings is 1. The molecule has 1 aromatic rings. The number of methoxy groups -OCH3 is 1. The molecule has 1 aromatic carbocycles. The van der Waals surface area contributed by atoms with Crippen molar-refractivity contribution >= 4 is 5.91 Å². The number of rotatable bonds is 4. The van der Waals surface area contributed by atoms with Crippen LogP contribution in [0.2, 0.25) is 0 Å². The normalized spacial score (nSPS) is 24.7. The Labute approximate surface area is 138 Å². The van der Waals surface area contributed by atoms with E-state index in [1.165, 1.54) is 5.56 Å². The second-order valence-electron chi connectivity index (χ2n) is 7.13. The van der Waals surface area contributed by atoms with Gasteiger partial charge >= 0.3 is 0 Å². The summed E-state index contributed by atoms with van der Waals surface area (Å²) < 4.78 is 5.45. The van der Waals surface area contributed by atoms with Crippen LogP contribution in [-0.2, 0) is 11.2 Å². The van der Waals surface area contributed by atoms with E-state index in [1.54, 1.807) is 7.11 Å². The fourth-order valence-corrected chi connectivity index (χ4v) is 3.87. The van der Waals surface area contributed by atoms with E-state index in [0.29, 0.717) is 6.04 Å². The Hall–Kier alpha value is -1.55. The van der Waals surface area contributed by atoms with Gasteiger partial charge in [-0.05, 0) is 67.9 Å². The molecule has 0 unspecified atom stereocenters. The van der Waals surface area contributed by atoms with Gasteiger partial charge < -0.3 is 15.2 Å². The first-order valence-corrected chi connectivity index (χ1v) is 8.59. The average Bonchev–Trinajstić information content (AvgIpc) is 3.33. The van der Waals surface area contributed by atoms with Crippen molar-refractivity contribution in [2.75, 3.05) is 7.11 Å². The van der Waals surface area contributed by atoms with E-state index in [4.69, 9.17) is 4.74 Å². The Morgan fingerprint density at radius 2 is 2.04 bits per heavy atom. The number of hydrogen-bond donors (Lipinski definition) is 2. The summed E-state index contributed by atoms with van der Waals surface area (Å²) in [5, 5.41) is 14.0. The van der Waals surface area contributed by atoms with Gasteiger partial charge in [0.1, 0.15) is 5.75 Å². The Balaban J connectivity index is 1.88. The van der Waals surface area contributed by atoms with E-state index in [9.17, 15) is 9.90 Å². The molecular weight excluding hydrogens is 290 g/mol. The third kappa shape index (κ3) is 2.97. The minimum absolute atomic E-state index is 0.0357. The van der Waals surface area contributed by atoms with Crippen LogP contribution in [0.4, 0.5) is 0 Å². The smallest absolute Gasteiger partial charge is 0.223 e. The molecule has 0 saturated heterocycles. The van der Waals surface area contributed by atoms with Crippen molar-refractivity contribution in [1.29, 1.82) is 0 Å². The lowest BCUT2D eigenvalue weighted by atomic mass is 9.72. The minimum Gasteiger partial charge on any atom is -0.496 e. The van der Waals surface area contributed by atoms with Gasteiger partial charge in [0.2, 0.25) is 5.91 Å². The van der Waals surface area contributed by atoms with Crippen LogP contribution in [0, 0.1) is 25.7 Å². The van der Waals surface area contributed by atoms with Gasteiger partial charge in [0, 0.05) is 17.9 Å². The molecule has 4 heteroatoms. The van der Waals surface area contributed by atoms with Gasteiger partial charge in [-0.25, -0.2) is 0 Å². The van der Waals surface area contributed by atoms with Crippen LogP contribution in [0.5, 0.6) is 5.75 Å². The lowest BCUT2D eigenvalue weighted by Crippen LogP contribution is -2.38. The molecule has 2 aliphatic carbocycles. The number of aliphatic hydroxyl groups excluding tert-OH is 1. The highest BCUT2D eigenvalue weighted by Crippen LogP contribution is 2.44. The van der Waals surface area contributed by atoms with Crippen molar-refractivity contribution < 1.29 is 14.6 Å². The number of carbonyl (C=O) groups excluding carboxylic acids is 1. The molecule has 1 saturated carbocycles. The molecule has 2 N–H and O–H groups in total. The van der Waals surface area contributed by atoms with Crippen LogP contribution < -0.4 is 10.1 Å². The quantitative estimate of drug-likeness (QED) is 0.898. The second-order valence-corrected chi connectivity index (χ2v) is 7.13. The summed E-state index contributed by atoms with van der Waals surface area (Å²) in [4.78, 5) is 12.4. The number of aliphatic hydroxyl groups is 1. The highest BCUT2D eigenvalue weighted by Gasteiger charge is 2.38. The Bertz CT molecular complexity index is 622.